The topological polar surface area (TPSA) is 43.4 Å². The van der Waals surface area contributed by atoms with E-state index in [-0.39, 0.29) is 0 Å². The first-order chi connectivity index (χ1) is 6.88. The van der Waals surface area contributed by atoms with Crippen LogP contribution in [0.2, 0.25) is 0 Å². The van der Waals surface area contributed by atoms with Crippen molar-refractivity contribution < 1.29 is 9.47 Å². The normalized spacial score (nSPS) is 16.1. The first-order valence-corrected chi connectivity index (χ1v) is 4.81. The van der Waals surface area contributed by atoms with Gasteiger partial charge in [-0.05, 0) is 13.0 Å². The van der Waals surface area contributed by atoms with E-state index in [0.717, 1.165) is 18.9 Å². The van der Waals surface area contributed by atoms with Crippen LogP contribution >= 0.6 is 0 Å². The van der Waals surface area contributed by atoms with Gasteiger partial charge in [-0.15, -0.1) is 0 Å². The number of hydrogen-bond acceptors (Lipinski definition) is 4. The fraction of sp³-hybridized carbons (Fsp3) is 0.500. The number of anilines is 1. The van der Waals surface area contributed by atoms with Crippen LogP contribution in [-0.2, 0) is 4.74 Å². The van der Waals surface area contributed by atoms with Crippen molar-refractivity contribution in [1.82, 2.24) is 4.98 Å². The van der Waals surface area contributed by atoms with Crippen LogP contribution in [0, 0.1) is 0 Å². The molecule has 1 aliphatic heterocycles. The Bertz CT molecular complexity index is 283. The fourth-order valence-electron chi connectivity index (χ4n) is 1.25. The van der Waals surface area contributed by atoms with Crippen LogP contribution in [0.3, 0.4) is 0 Å². The number of pyridine rings is 1. The number of nitrogens with one attached hydrogen (secondary N) is 1. The van der Waals surface area contributed by atoms with Gasteiger partial charge in [0.25, 0.3) is 0 Å². The van der Waals surface area contributed by atoms with Crippen LogP contribution in [0.15, 0.2) is 18.3 Å². The molecule has 1 aliphatic rings. The molecular weight excluding hydrogens is 180 g/mol. The van der Waals surface area contributed by atoms with E-state index in [1.807, 2.05) is 19.1 Å². The highest BCUT2D eigenvalue weighted by atomic mass is 16.5. The van der Waals surface area contributed by atoms with Crippen LogP contribution in [0.5, 0.6) is 5.88 Å². The lowest BCUT2D eigenvalue weighted by molar-refractivity contribution is 0.0211. The SMILES string of the molecule is CCOc1ccc(NC2COC2)cn1. The Labute approximate surface area is 83.2 Å². The van der Waals surface area contributed by atoms with Crippen molar-refractivity contribution in [3.05, 3.63) is 18.3 Å². The third-order valence-corrected chi connectivity index (χ3v) is 2.04. The molecule has 0 aliphatic carbocycles. The molecule has 14 heavy (non-hydrogen) atoms. The van der Waals surface area contributed by atoms with Crippen molar-refractivity contribution >= 4 is 5.69 Å². The maximum atomic E-state index is 5.24. The predicted molar refractivity (Wildman–Crippen MR) is 53.6 cm³/mol. The molecule has 0 unspecified atom stereocenters. The second-order valence-corrected chi connectivity index (χ2v) is 3.20. The Morgan fingerprint density at radius 1 is 1.57 bits per heavy atom. The van der Waals surface area contributed by atoms with E-state index in [0.29, 0.717) is 18.5 Å². The number of aromatic nitrogens is 1. The molecule has 1 saturated heterocycles. The summed E-state index contributed by atoms with van der Waals surface area (Å²) in [6, 6.07) is 4.27. The summed E-state index contributed by atoms with van der Waals surface area (Å²) in [6.45, 7) is 4.16. The van der Waals surface area contributed by atoms with Crippen molar-refractivity contribution in [1.29, 1.82) is 0 Å². The maximum Gasteiger partial charge on any atom is 0.213 e. The van der Waals surface area contributed by atoms with E-state index in [4.69, 9.17) is 9.47 Å². The largest absolute Gasteiger partial charge is 0.478 e. The van der Waals surface area contributed by atoms with Gasteiger partial charge in [-0.25, -0.2) is 4.98 Å². The Balaban J connectivity index is 1.91. The molecule has 1 aromatic rings. The van der Waals surface area contributed by atoms with Crippen molar-refractivity contribution in [3.63, 3.8) is 0 Å². The van der Waals surface area contributed by atoms with Crippen LogP contribution in [-0.4, -0.2) is 30.8 Å². The highest BCUT2D eigenvalue weighted by Crippen LogP contribution is 2.14. The smallest absolute Gasteiger partial charge is 0.213 e. The Morgan fingerprint density at radius 3 is 2.93 bits per heavy atom. The molecule has 1 fully saturated rings. The van der Waals surface area contributed by atoms with Crippen molar-refractivity contribution in [2.45, 2.75) is 13.0 Å². The third kappa shape index (κ3) is 2.14. The molecule has 2 heterocycles. The molecule has 0 spiro atoms. The van der Waals surface area contributed by atoms with Gasteiger partial charge in [0.05, 0.1) is 37.7 Å². The van der Waals surface area contributed by atoms with Crippen molar-refractivity contribution in [2.75, 3.05) is 25.1 Å². The standard InChI is InChI=1S/C10H14N2O2/c1-2-14-10-4-3-8(5-11-10)12-9-6-13-7-9/h3-5,9,12H,2,6-7H2,1H3. The molecule has 0 aromatic carbocycles. The summed E-state index contributed by atoms with van der Waals surface area (Å²) < 4.78 is 10.3. The summed E-state index contributed by atoms with van der Waals surface area (Å²) in [5.41, 5.74) is 1.02. The molecule has 2 rings (SSSR count). The lowest BCUT2D eigenvalue weighted by Crippen LogP contribution is -2.40. The summed E-state index contributed by atoms with van der Waals surface area (Å²) in [6.07, 6.45) is 1.78. The molecule has 0 radical (unpaired) electrons. The number of hydrogen-bond donors (Lipinski definition) is 1. The molecule has 76 valence electrons. The maximum absolute atomic E-state index is 5.24. The van der Waals surface area contributed by atoms with E-state index in [1.165, 1.54) is 0 Å². The van der Waals surface area contributed by atoms with E-state index >= 15 is 0 Å². The van der Waals surface area contributed by atoms with Crippen LogP contribution in [0.1, 0.15) is 6.92 Å². The van der Waals surface area contributed by atoms with Gasteiger partial charge in [0.15, 0.2) is 0 Å². The minimum Gasteiger partial charge on any atom is -0.478 e. The average molecular weight is 194 g/mol. The van der Waals surface area contributed by atoms with Crippen LogP contribution in [0.25, 0.3) is 0 Å². The Hall–Kier alpha value is -1.29. The lowest BCUT2D eigenvalue weighted by Gasteiger charge is -2.27. The summed E-state index contributed by atoms with van der Waals surface area (Å²) in [5, 5.41) is 3.30. The summed E-state index contributed by atoms with van der Waals surface area (Å²) in [4.78, 5) is 4.15. The van der Waals surface area contributed by atoms with Gasteiger partial charge < -0.3 is 14.8 Å². The molecule has 4 nitrogen and oxygen atoms in total. The molecular formula is C10H14N2O2. The second-order valence-electron chi connectivity index (χ2n) is 3.20. The summed E-state index contributed by atoms with van der Waals surface area (Å²) in [5.74, 6) is 0.669. The van der Waals surface area contributed by atoms with Crippen molar-refractivity contribution in [2.24, 2.45) is 0 Å². The first-order valence-electron chi connectivity index (χ1n) is 4.81. The molecule has 1 N–H and O–H groups in total. The minimum absolute atomic E-state index is 0.440. The molecule has 1 aromatic heterocycles. The van der Waals surface area contributed by atoms with Gasteiger partial charge in [0, 0.05) is 6.07 Å². The van der Waals surface area contributed by atoms with Gasteiger partial charge in [-0.1, -0.05) is 0 Å². The van der Waals surface area contributed by atoms with Crippen LogP contribution in [0.4, 0.5) is 5.69 Å². The molecule has 0 atom stereocenters. The molecule has 0 amide bonds. The second kappa shape index (κ2) is 4.28. The zero-order valence-electron chi connectivity index (χ0n) is 8.19. The highest BCUT2D eigenvalue weighted by Gasteiger charge is 2.17. The van der Waals surface area contributed by atoms with Gasteiger partial charge >= 0.3 is 0 Å². The van der Waals surface area contributed by atoms with Crippen molar-refractivity contribution in [3.8, 4) is 5.88 Å². The predicted octanol–water partition coefficient (Wildman–Crippen LogP) is 1.29. The Morgan fingerprint density at radius 2 is 2.43 bits per heavy atom. The van der Waals surface area contributed by atoms with Gasteiger partial charge in [-0.2, -0.15) is 0 Å². The molecule has 0 bridgehead atoms. The van der Waals surface area contributed by atoms with Gasteiger partial charge in [0.2, 0.25) is 5.88 Å². The summed E-state index contributed by atoms with van der Waals surface area (Å²) >= 11 is 0. The minimum atomic E-state index is 0.440. The number of ether oxygens (including phenoxy) is 2. The zero-order chi connectivity index (χ0) is 9.80. The fourth-order valence-corrected chi connectivity index (χ4v) is 1.25. The summed E-state index contributed by atoms with van der Waals surface area (Å²) in [7, 11) is 0. The zero-order valence-corrected chi connectivity index (χ0v) is 8.19. The van der Waals surface area contributed by atoms with E-state index in [2.05, 4.69) is 10.3 Å². The Kier molecular flexibility index (Phi) is 2.84. The number of nitrogens with zero attached hydrogens (tertiary/aromatic N) is 1. The highest BCUT2D eigenvalue weighted by molar-refractivity contribution is 5.43. The molecule has 4 heteroatoms. The quantitative estimate of drug-likeness (QED) is 0.784. The van der Waals surface area contributed by atoms with E-state index < -0.39 is 0 Å². The first kappa shape index (κ1) is 9.27. The van der Waals surface area contributed by atoms with Crippen LogP contribution < -0.4 is 10.1 Å². The monoisotopic (exact) mass is 194 g/mol. The average Bonchev–Trinajstić information content (AvgIpc) is 2.14. The van der Waals surface area contributed by atoms with E-state index in [9.17, 15) is 0 Å². The molecule has 0 saturated carbocycles. The van der Waals surface area contributed by atoms with Gasteiger partial charge in [-0.3, -0.25) is 0 Å². The van der Waals surface area contributed by atoms with E-state index in [1.54, 1.807) is 6.20 Å². The van der Waals surface area contributed by atoms with Gasteiger partial charge in [0.1, 0.15) is 0 Å². The lowest BCUT2D eigenvalue weighted by atomic mass is 10.2. The third-order valence-electron chi connectivity index (χ3n) is 2.04. The number of rotatable bonds is 4.